The molecule has 0 amide bonds. The molecule has 104 valence electrons. The monoisotopic (exact) mass is 271 g/mol. The van der Waals surface area contributed by atoms with E-state index in [0.717, 1.165) is 38.6 Å². The average Bonchev–Trinajstić information content (AvgIpc) is 2.81. The first-order chi connectivity index (χ1) is 8.55. The third-order valence-electron chi connectivity index (χ3n) is 4.25. The number of rotatable bonds is 5. The summed E-state index contributed by atoms with van der Waals surface area (Å²) in [7, 11) is -2.85. The smallest absolute Gasteiger partial charge is 0.150 e. The van der Waals surface area contributed by atoms with Crippen molar-refractivity contribution in [2.45, 2.75) is 62.7 Å². The SMILES string of the molecule is CS(=O)(=O)C1CCCC(NCCC2=CCCC2)C1. The second kappa shape index (κ2) is 6.20. The molecular formula is C14H25NO2S. The van der Waals surface area contributed by atoms with Gasteiger partial charge in [-0.3, -0.25) is 0 Å². The maximum absolute atomic E-state index is 11.6. The molecule has 0 bridgehead atoms. The second-order valence-corrected chi connectivity index (χ2v) is 8.10. The van der Waals surface area contributed by atoms with Crippen LogP contribution in [0.5, 0.6) is 0 Å². The lowest BCUT2D eigenvalue weighted by atomic mass is 9.95. The van der Waals surface area contributed by atoms with Crippen LogP contribution in [0.4, 0.5) is 0 Å². The molecule has 0 radical (unpaired) electrons. The fraction of sp³-hybridized carbons (Fsp3) is 0.857. The fourth-order valence-corrected chi connectivity index (χ4v) is 4.30. The topological polar surface area (TPSA) is 46.2 Å². The quantitative estimate of drug-likeness (QED) is 0.781. The van der Waals surface area contributed by atoms with Crippen LogP contribution in [0, 0.1) is 0 Å². The predicted molar refractivity (Wildman–Crippen MR) is 75.4 cm³/mol. The zero-order valence-corrected chi connectivity index (χ0v) is 12.1. The number of nitrogens with one attached hydrogen (secondary N) is 1. The van der Waals surface area contributed by atoms with Gasteiger partial charge in [-0.05, 0) is 51.5 Å². The summed E-state index contributed by atoms with van der Waals surface area (Å²) < 4.78 is 23.2. The van der Waals surface area contributed by atoms with Crippen molar-refractivity contribution < 1.29 is 8.42 Å². The van der Waals surface area contributed by atoms with Crippen molar-refractivity contribution in [2.75, 3.05) is 12.8 Å². The van der Waals surface area contributed by atoms with Gasteiger partial charge in [-0.25, -0.2) is 8.42 Å². The Balaban J connectivity index is 1.72. The molecule has 2 atom stereocenters. The minimum Gasteiger partial charge on any atom is -0.314 e. The highest BCUT2D eigenvalue weighted by molar-refractivity contribution is 7.91. The van der Waals surface area contributed by atoms with Crippen molar-refractivity contribution in [3.63, 3.8) is 0 Å². The highest BCUT2D eigenvalue weighted by atomic mass is 32.2. The molecule has 3 nitrogen and oxygen atoms in total. The van der Waals surface area contributed by atoms with Crippen molar-refractivity contribution in [3.8, 4) is 0 Å². The van der Waals surface area contributed by atoms with Gasteiger partial charge in [-0.15, -0.1) is 0 Å². The Morgan fingerprint density at radius 3 is 2.83 bits per heavy atom. The Morgan fingerprint density at radius 2 is 2.17 bits per heavy atom. The van der Waals surface area contributed by atoms with Crippen molar-refractivity contribution in [3.05, 3.63) is 11.6 Å². The molecular weight excluding hydrogens is 246 g/mol. The van der Waals surface area contributed by atoms with Crippen molar-refractivity contribution in [1.82, 2.24) is 5.32 Å². The van der Waals surface area contributed by atoms with Gasteiger partial charge in [-0.1, -0.05) is 18.1 Å². The maximum atomic E-state index is 11.6. The molecule has 2 unspecified atom stereocenters. The molecule has 4 heteroatoms. The van der Waals surface area contributed by atoms with Crippen LogP contribution in [-0.4, -0.2) is 32.5 Å². The molecule has 0 heterocycles. The highest BCUT2D eigenvalue weighted by Gasteiger charge is 2.28. The standard InChI is InChI=1S/C14H25NO2S/c1-18(16,17)14-8-4-7-13(11-14)15-10-9-12-5-2-3-6-12/h5,13-15H,2-4,6-11H2,1H3. The average molecular weight is 271 g/mol. The van der Waals surface area contributed by atoms with Crippen LogP contribution in [0.15, 0.2) is 11.6 Å². The predicted octanol–water partition coefficient (Wildman–Crippen LogP) is 2.43. The van der Waals surface area contributed by atoms with Gasteiger partial charge >= 0.3 is 0 Å². The van der Waals surface area contributed by atoms with E-state index in [1.165, 1.54) is 25.5 Å². The van der Waals surface area contributed by atoms with E-state index in [9.17, 15) is 8.42 Å². The van der Waals surface area contributed by atoms with Crippen LogP contribution in [0.2, 0.25) is 0 Å². The zero-order chi connectivity index (χ0) is 13.0. The summed E-state index contributed by atoms with van der Waals surface area (Å²) in [6.07, 6.45) is 12.5. The Morgan fingerprint density at radius 1 is 1.33 bits per heavy atom. The van der Waals surface area contributed by atoms with E-state index >= 15 is 0 Å². The molecule has 2 aliphatic rings. The van der Waals surface area contributed by atoms with Crippen LogP contribution in [0.3, 0.4) is 0 Å². The lowest BCUT2D eigenvalue weighted by Gasteiger charge is -2.28. The van der Waals surface area contributed by atoms with Gasteiger partial charge in [0.2, 0.25) is 0 Å². The second-order valence-electron chi connectivity index (χ2n) is 5.77. The lowest BCUT2D eigenvalue weighted by molar-refractivity contribution is 0.373. The Labute approximate surface area is 111 Å². The van der Waals surface area contributed by atoms with E-state index in [0.29, 0.717) is 6.04 Å². The van der Waals surface area contributed by atoms with Crippen LogP contribution >= 0.6 is 0 Å². The summed E-state index contributed by atoms with van der Waals surface area (Å²) in [6, 6.07) is 0.403. The molecule has 0 aromatic carbocycles. The molecule has 2 rings (SSSR count). The van der Waals surface area contributed by atoms with E-state index in [1.54, 1.807) is 5.57 Å². The molecule has 1 fully saturated rings. The third-order valence-corrected chi connectivity index (χ3v) is 5.88. The van der Waals surface area contributed by atoms with Gasteiger partial charge in [0, 0.05) is 12.3 Å². The van der Waals surface area contributed by atoms with Gasteiger partial charge in [0.1, 0.15) is 9.84 Å². The molecule has 2 aliphatic carbocycles. The van der Waals surface area contributed by atoms with Crippen molar-refractivity contribution in [2.24, 2.45) is 0 Å². The Bertz CT molecular complexity index is 400. The summed E-state index contributed by atoms with van der Waals surface area (Å²) >= 11 is 0. The van der Waals surface area contributed by atoms with Crippen LogP contribution < -0.4 is 5.32 Å². The van der Waals surface area contributed by atoms with Crippen LogP contribution in [0.1, 0.15) is 51.4 Å². The first-order valence-corrected chi connectivity index (χ1v) is 9.11. The molecule has 18 heavy (non-hydrogen) atoms. The zero-order valence-electron chi connectivity index (χ0n) is 11.3. The number of allylic oxidation sites excluding steroid dienone is 1. The molecule has 1 saturated carbocycles. The minimum atomic E-state index is -2.85. The number of hydrogen-bond acceptors (Lipinski definition) is 3. The first kappa shape index (κ1) is 14.1. The van der Waals surface area contributed by atoms with E-state index < -0.39 is 9.84 Å². The number of sulfone groups is 1. The first-order valence-electron chi connectivity index (χ1n) is 7.16. The van der Waals surface area contributed by atoms with Crippen molar-refractivity contribution in [1.29, 1.82) is 0 Å². The normalized spacial score (nSPS) is 29.3. The van der Waals surface area contributed by atoms with Gasteiger partial charge in [0.15, 0.2) is 0 Å². The van der Waals surface area contributed by atoms with Crippen LogP contribution in [0.25, 0.3) is 0 Å². The minimum absolute atomic E-state index is 0.116. The molecule has 1 N–H and O–H groups in total. The summed E-state index contributed by atoms with van der Waals surface area (Å²) in [5.74, 6) is 0. The maximum Gasteiger partial charge on any atom is 0.150 e. The van der Waals surface area contributed by atoms with Gasteiger partial charge < -0.3 is 5.32 Å². The van der Waals surface area contributed by atoms with Crippen LogP contribution in [-0.2, 0) is 9.84 Å². The summed E-state index contributed by atoms with van der Waals surface area (Å²) in [6.45, 7) is 1.01. The molecule has 0 aromatic heterocycles. The Hall–Kier alpha value is -0.350. The summed E-state index contributed by atoms with van der Waals surface area (Å²) in [5, 5.41) is 3.43. The lowest BCUT2D eigenvalue weighted by Crippen LogP contribution is -2.39. The van der Waals surface area contributed by atoms with Crippen molar-refractivity contribution >= 4 is 9.84 Å². The van der Waals surface area contributed by atoms with Gasteiger partial charge in [-0.2, -0.15) is 0 Å². The van der Waals surface area contributed by atoms with E-state index in [1.807, 2.05) is 0 Å². The van der Waals surface area contributed by atoms with Gasteiger partial charge in [0.05, 0.1) is 5.25 Å². The fourth-order valence-electron chi connectivity index (χ4n) is 3.12. The Kier molecular flexibility index (Phi) is 4.84. The van der Waals surface area contributed by atoms with E-state index in [-0.39, 0.29) is 5.25 Å². The molecule has 0 aliphatic heterocycles. The number of hydrogen-bond donors (Lipinski definition) is 1. The van der Waals surface area contributed by atoms with E-state index in [2.05, 4.69) is 11.4 Å². The largest absolute Gasteiger partial charge is 0.314 e. The highest BCUT2D eigenvalue weighted by Crippen LogP contribution is 2.24. The molecule has 0 spiro atoms. The molecule has 0 saturated heterocycles. The summed E-state index contributed by atoms with van der Waals surface area (Å²) in [5.41, 5.74) is 1.58. The van der Waals surface area contributed by atoms with Gasteiger partial charge in [0.25, 0.3) is 0 Å². The molecule has 0 aromatic rings. The van der Waals surface area contributed by atoms with E-state index in [4.69, 9.17) is 0 Å². The summed E-state index contributed by atoms with van der Waals surface area (Å²) in [4.78, 5) is 0. The third kappa shape index (κ3) is 4.09.